The van der Waals surface area contributed by atoms with E-state index < -0.39 is 11.4 Å². The lowest BCUT2D eigenvalue weighted by Crippen LogP contribution is -2.46. The van der Waals surface area contributed by atoms with E-state index in [-0.39, 0.29) is 12.5 Å². The molecule has 2 rings (SSSR count). The number of carbonyl (C=O) groups excluding carboxylic acids is 1. The Kier molecular flexibility index (Phi) is 5.40. The van der Waals surface area contributed by atoms with Crippen LogP contribution >= 0.6 is 31.9 Å². The first-order valence-corrected chi connectivity index (χ1v) is 8.07. The van der Waals surface area contributed by atoms with Crippen LogP contribution < -0.4 is 5.32 Å². The second-order valence-electron chi connectivity index (χ2n) is 5.04. The van der Waals surface area contributed by atoms with Gasteiger partial charge in [-0.25, -0.2) is 0 Å². The van der Waals surface area contributed by atoms with Gasteiger partial charge in [-0.15, -0.1) is 0 Å². The smallest absolute Gasteiger partial charge is 0.311 e. The average Bonchev–Trinajstić information content (AvgIpc) is 2.44. The SMILES string of the molecule is O=C(NCC1(C(=O)O)CCOCC1)c1cc(Br)cc(Br)c1. The van der Waals surface area contributed by atoms with Crippen molar-refractivity contribution in [1.29, 1.82) is 0 Å². The Balaban J connectivity index is 2.06. The summed E-state index contributed by atoms with van der Waals surface area (Å²) in [5.74, 6) is -1.18. The molecule has 1 fully saturated rings. The zero-order valence-electron chi connectivity index (χ0n) is 11.2. The van der Waals surface area contributed by atoms with Crippen LogP contribution in [0.25, 0.3) is 0 Å². The van der Waals surface area contributed by atoms with Crippen LogP contribution in [-0.4, -0.2) is 36.7 Å². The Morgan fingerprint density at radius 3 is 2.29 bits per heavy atom. The minimum atomic E-state index is -0.933. The number of carboxylic acid groups (broad SMARTS) is 1. The standard InChI is InChI=1S/C14H15Br2NO4/c15-10-5-9(6-11(16)7-10)12(18)17-8-14(13(19)20)1-3-21-4-2-14/h5-7H,1-4,8H2,(H,17,18)(H,19,20). The third-order valence-corrected chi connectivity index (χ3v) is 4.53. The highest BCUT2D eigenvalue weighted by Crippen LogP contribution is 2.30. The molecule has 0 radical (unpaired) electrons. The van der Waals surface area contributed by atoms with Crippen LogP contribution in [0.1, 0.15) is 23.2 Å². The Morgan fingerprint density at radius 2 is 1.76 bits per heavy atom. The molecule has 0 aliphatic carbocycles. The summed E-state index contributed by atoms with van der Waals surface area (Å²) >= 11 is 6.64. The highest BCUT2D eigenvalue weighted by atomic mass is 79.9. The van der Waals surface area contributed by atoms with E-state index in [1.807, 2.05) is 6.07 Å². The third kappa shape index (κ3) is 4.05. The normalized spacial score (nSPS) is 17.2. The molecule has 21 heavy (non-hydrogen) atoms. The zero-order valence-corrected chi connectivity index (χ0v) is 14.4. The van der Waals surface area contributed by atoms with E-state index in [9.17, 15) is 14.7 Å². The van der Waals surface area contributed by atoms with Crippen LogP contribution in [0.3, 0.4) is 0 Å². The summed E-state index contributed by atoms with van der Waals surface area (Å²) in [5.41, 5.74) is -0.458. The van der Waals surface area contributed by atoms with Gasteiger partial charge in [0, 0.05) is 34.3 Å². The van der Waals surface area contributed by atoms with Gasteiger partial charge in [0.2, 0.25) is 0 Å². The molecule has 0 bridgehead atoms. The van der Waals surface area contributed by atoms with E-state index in [1.165, 1.54) is 0 Å². The maximum absolute atomic E-state index is 12.2. The fraction of sp³-hybridized carbons (Fsp3) is 0.429. The molecule has 0 aromatic heterocycles. The number of benzene rings is 1. The summed E-state index contributed by atoms with van der Waals surface area (Å²) in [7, 11) is 0. The number of carboxylic acids is 1. The molecule has 2 N–H and O–H groups in total. The Morgan fingerprint density at radius 1 is 1.19 bits per heavy atom. The van der Waals surface area contributed by atoms with Crippen molar-refractivity contribution in [1.82, 2.24) is 5.32 Å². The predicted octanol–water partition coefficient (Wildman–Crippen LogP) is 2.82. The van der Waals surface area contributed by atoms with Crippen molar-refractivity contribution in [3.63, 3.8) is 0 Å². The molecule has 1 aromatic rings. The van der Waals surface area contributed by atoms with Crippen molar-refractivity contribution in [3.8, 4) is 0 Å². The summed E-state index contributed by atoms with van der Waals surface area (Å²) < 4.78 is 6.77. The first kappa shape index (κ1) is 16.5. The van der Waals surface area contributed by atoms with Gasteiger partial charge in [-0.1, -0.05) is 31.9 Å². The molecule has 0 unspecified atom stereocenters. The number of nitrogens with one attached hydrogen (secondary N) is 1. The molecule has 1 aliphatic heterocycles. The molecular formula is C14H15Br2NO4. The molecule has 1 heterocycles. The number of aliphatic carboxylic acids is 1. The summed E-state index contributed by atoms with van der Waals surface area (Å²) in [6, 6.07) is 5.21. The Bertz CT molecular complexity index is 536. The second kappa shape index (κ2) is 6.89. The van der Waals surface area contributed by atoms with Crippen molar-refractivity contribution in [2.24, 2.45) is 5.41 Å². The van der Waals surface area contributed by atoms with Crippen LogP contribution in [0.5, 0.6) is 0 Å². The van der Waals surface area contributed by atoms with Crippen molar-refractivity contribution in [2.45, 2.75) is 12.8 Å². The topological polar surface area (TPSA) is 75.6 Å². The number of carbonyl (C=O) groups is 2. The Hall–Kier alpha value is -0.920. The quantitative estimate of drug-likeness (QED) is 0.785. The first-order chi connectivity index (χ1) is 9.93. The molecule has 0 atom stereocenters. The molecule has 1 aromatic carbocycles. The molecule has 0 saturated carbocycles. The largest absolute Gasteiger partial charge is 0.481 e. The van der Waals surface area contributed by atoms with Gasteiger partial charge in [0.1, 0.15) is 0 Å². The monoisotopic (exact) mass is 419 g/mol. The van der Waals surface area contributed by atoms with Crippen molar-refractivity contribution in [2.75, 3.05) is 19.8 Å². The minimum absolute atomic E-state index is 0.106. The van der Waals surface area contributed by atoms with Crippen LogP contribution in [0.15, 0.2) is 27.1 Å². The third-order valence-electron chi connectivity index (χ3n) is 3.62. The molecule has 7 heteroatoms. The molecule has 1 amide bonds. The van der Waals surface area contributed by atoms with Gasteiger partial charge in [-0.3, -0.25) is 9.59 Å². The fourth-order valence-electron chi connectivity index (χ4n) is 2.26. The van der Waals surface area contributed by atoms with Crippen LogP contribution in [0.4, 0.5) is 0 Å². The van der Waals surface area contributed by atoms with E-state index in [4.69, 9.17) is 4.74 Å². The van der Waals surface area contributed by atoms with Gasteiger partial charge in [-0.05, 0) is 31.0 Å². The van der Waals surface area contributed by atoms with Crippen molar-refractivity contribution < 1.29 is 19.4 Å². The first-order valence-electron chi connectivity index (χ1n) is 6.48. The number of rotatable bonds is 4. The number of ether oxygens (including phenoxy) is 1. The number of amides is 1. The fourth-order valence-corrected chi connectivity index (χ4v) is 3.56. The lowest BCUT2D eigenvalue weighted by molar-refractivity contribution is -0.154. The van der Waals surface area contributed by atoms with E-state index in [2.05, 4.69) is 37.2 Å². The van der Waals surface area contributed by atoms with E-state index in [1.54, 1.807) is 12.1 Å². The number of halogens is 2. The highest BCUT2D eigenvalue weighted by molar-refractivity contribution is 9.11. The van der Waals surface area contributed by atoms with Gasteiger partial charge in [0.15, 0.2) is 0 Å². The summed E-state index contributed by atoms with van der Waals surface area (Å²) in [5, 5.41) is 12.2. The molecule has 5 nitrogen and oxygen atoms in total. The van der Waals surface area contributed by atoms with Gasteiger partial charge >= 0.3 is 5.97 Å². The van der Waals surface area contributed by atoms with Crippen LogP contribution in [-0.2, 0) is 9.53 Å². The molecule has 1 saturated heterocycles. The minimum Gasteiger partial charge on any atom is -0.481 e. The zero-order chi connectivity index (χ0) is 15.5. The van der Waals surface area contributed by atoms with Gasteiger partial charge in [0.25, 0.3) is 5.91 Å². The van der Waals surface area contributed by atoms with Gasteiger partial charge < -0.3 is 15.2 Å². The maximum atomic E-state index is 12.2. The van der Waals surface area contributed by atoms with Crippen molar-refractivity contribution >= 4 is 43.7 Å². The van der Waals surface area contributed by atoms with Gasteiger partial charge in [-0.2, -0.15) is 0 Å². The van der Waals surface area contributed by atoms with Crippen LogP contribution in [0, 0.1) is 5.41 Å². The Labute approximate surface area is 139 Å². The summed E-state index contributed by atoms with van der Waals surface area (Å²) in [6.45, 7) is 0.921. The summed E-state index contributed by atoms with van der Waals surface area (Å²) in [4.78, 5) is 23.7. The van der Waals surface area contributed by atoms with Crippen molar-refractivity contribution in [3.05, 3.63) is 32.7 Å². The molecular weight excluding hydrogens is 406 g/mol. The molecule has 114 valence electrons. The van der Waals surface area contributed by atoms with E-state index in [0.29, 0.717) is 31.6 Å². The summed E-state index contributed by atoms with van der Waals surface area (Å²) in [6.07, 6.45) is 0.815. The maximum Gasteiger partial charge on any atom is 0.311 e. The lowest BCUT2D eigenvalue weighted by atomic mass is 9.80. The number of hydrogen-bond acceptors (Lipinski definition) is 3. The second-order valence-corrected chi connectivity index (χ2v) is 6.87. The molecule has 0 spiro atoms. The highest BCUT2D eigenvalue weighted by Gasteiger charge is 2.40. The van der Waals surface area contributed by atoms with Crippen LogP contribution in [0.2, 0.25) is 0 Å². The average molecular weight is 421 g/mol. The van der Waals surface area contributed by atoms with E-state index >= 15 is 0 Å². The van der Waals surface area contributed by atoms with Gasteiger partial charge in [0.05, 0.1) is 5.41 Å². The van der Waals surface area contributed by atoms with E-state index in [0.717, 1.165) is 8.95 Å². The number of hydrogen-bond donors (Lipinski definition) is 2. The molecule has 1 aliphatic rings. The predicted molar refractivity (Wildman–Crippen MR) is 84.3 cm³/mol. The lowest BCUT2D eigenvalue weighted by Gasteiger charge is -2.33.